The quantitative estimate of drug-likeness (QED) is 0.909. The number of amides is 1. The molecule has 1 heterocycles. The minimum atomic E-state index is -0.887. The van der Waals surface area contributed by atoms with Gasteiger partial charge in [-0.15, -0.1) is 0 Å². The lowest BCUT2D eigenvalue weighted by molar-refractivity contribution is -0.144. The first-order valence-corrected chi connectivity index (χ1v) is 7.72. The fraction of sp³-hybridized carbons (Fsp3) is 0.529. The number of nitrogens with zero attached hydrogens (tertiary/aromatic N) is 1. The average Bonchev–Trinajstić information content (AvgIpc) is 2.94. The Morgan fingerprint density at radius 2 is 2.10 bits per heavy atom. The van der Waals surface area contributed by atoms with Gasteiger partial charge in [-0.25, -0.2) is 4.79 Å². The number of rotatable bonds is 2. The number of carboxylic acid groups (broad SMARTS) is 1. The van der Waals surface area contributed by atoms with E-state index in [9.17, 15) is 14.7 Å². The molecule has 1 aromatic rings. The SMILES string of the molecule is CC1CCN(C(=O)c2cccc3c2CCC3)C(C(=O)O)C1. The van der Waals surface area contributed by atoms with Crippen LogP contribution in [0, 0.1) is 5.92 Å². The zero-order valence-electron chi connectivity index (χ0n) is 12.3. The van der Waals surface area contributed by atoms with Crippen LogP contribution in [0.5, 0.6) is 0 Å². The molecule has 4 nitrogen and oxygen atoms in total. The Hall–Kier alpha value is -1.84. The number of likely N-dealkylation sites (tertiary alicyclic amines) is 1. The van der Waals surface area contributed by atoms with Gasteiger partial charge in [-0.3, -0.25) is 4.79 Å². The largest absolute Gasteiger partial charge is 0.480 e. The number of piperidine rings is 1. The van der Waals surface area contributed by atoms with Gasteiger partial charge in [0.05, 0.1) is 0 Å². The van der Waals surface area contributed by atoms with E-state index in [0.29, 0.717) is 24.4 Å². The molecule has 2 unspecified atom stereocenters. The molecule has 1 amide bonds. The summed E-state index contributed by atoms with van der Waals surface area (Å²) in [7, 11) is 0. The van der Waals surface area contributed by atoms with Crippen LogP contribution in [-0.4, -0.2) is 34.5 Å². The minimum absolute atomic E-state index is 0.104. The first-order valence-electron chi connectivity index (χ1n) is 7.72. The smallest absolute Gasteiger partial charge is 0.326 e. The summed E-state index contributed by atoms with van der Waals surface area (Å²) in [4.78, 5) is 25.9. The maximum Gasteiger partial charge on any atom is 0.326 e. The standard InChI is InChI=1S/C17H21NO3/c1-11-8-9-18(15(10-11)17(20)21)16(19)14-7-3-5-12-4-2-6-13(12)14/h3,5,7,11,15H,2,4,6,8-10H2,1H3,(H,20,21). The Kier molecular flexibility index (Phi) is 3.70. The Balaban J connectivity index is 1.91. The van der Waals surface area contributed by atoms with Crippen molar-refractivity contribution in [2.24, 2.45) is 5.92 Å². The second kappa shape index (κ2) is 5.51. The van der Waals surface area contributed by atoms with Crippen LogP contribution >= 0.6 is 0 Å². The summed E-state index contributed by atoms with van der Waals surface area (Å²) in [6.07, 6.45) is 4.47. The van der Waals surface area contributed by atoms with Crippen molar-refractivity contribution in [1.29, 1.82) is 0 Å². The van der Waals surface area contributed by atoms with Crippen molar-refractivity contribution in [3.05, 3.63) is 34.9 Å². The number of aryl methyl sites for hydroxylation is 1. The number of carbonyl (C=O) groups is 2. The van der Waals surface area contributed by atoms with Crippen molar-refractivity contribution in [2.45, 2.75) is 45.1 Å². The van der Waals surface area contributed by atoms with Gasteiger partial charge < -0.3 is 10.0 Å². The van der Waals surface area contributed by atoms with E-state index in [4.69, 9.17) is 0 Å². The topological polar surface area (TPSA) is 57.6 Å². The molecule has 21 heavy (non-hydrogen) atoms. The summed E-state index contributed by atoms with van der Waals surface area (Å²) in [5, 5.41) is 9.42. The summed E-state index contributed by atoms with van der Waals surface area (Å²) < 4.78 is 0. The zero-order chi connectivity index (χ0) is 15.0. The maximum atomic E-state index is 12.8. The van der Waals surface area contributed by atoms with Crippen LogP contribution in [0.1, 0.15) is 47.7 Å². The molecule has 0 aromatic heterocycles. The molecule has 2 atom stereocenters. The monoisotopic (exact) mass is 287 g/mol. The summed E-state index contributed by atoms with van der Waals surface area (Å²) in [5.74, 6) is -0.632. The Morgan fingerprint density at radius 1 is 1.29 bits per heavy atom. The molecule has 2 aliphatic rings. The lowest BCUT2D eigenvalue weighted by atomic mass is 9.91. The number of hydrogen-bond donors (Lipinski definition) is 1. The summed E-state index contributed by atoms with van der Waals surface area (Å²) in [6, 6.07) is 5.16. The van der Waals surface area contributed by atoms with Gasteiger partial charge in [-0.1, -0.05) is 19.1 Å². The highest BCUT2D eigenvalue weighted by atomic mass is 16.4. The van der Waals surface area contributed by atoms with Gasteiger partial charge in [0, 0.05) is 12.1 Å². The number of hydrogen-bond acceptors (Lipinski definition) is 2. The zero-order valence-corrected chi connectivity index (χ0v) is 12.3. The number of carboxylic acids is 1. The fourth-order valence-corrected chi connectivity index (χ4v) is 3.59. The predicted molar refractivity (Wildman–Crippen MR) is 79.3 cm³/mol. The highest BCUT2D eigenvalue weighted by Crippen LogP contribution is 2.29. The fourth-order valence-electron chi connectivity index (χ4n) is 3.59. The third-order valence-corrected chi connectivity index (χ3v) is 4.79. The van der Waals surface area contributed by atoms with E-state index in [2.05, 4.69) is 13.0 Å². The van der Waals surface area contributed by atoms with Crippen molar-refractivity contribution in [1.82, 2.24) is 4.90 Å². The molecule has 1 N–H and O–H groups in total. The molecule has 1 aliphatic carbocycles. The van der Waals surface area contributed by atoms with Crippen molar-refractivity contribution < 1.29 is 14.7 Å². The van der Waals surface area contributed by atoms with Crippen LogP contribution in [0.15, 0.2) is 18.2 Å². The molecule has 1 fully saturated rings. The highest BCUT2D eigenvalue weighted by Gasteiger charge is 2.36. The van der Waals surface area contributed by atoms with Crippen molar-refractivity contribution >= 4 is 11.9 Å². The maximum absolute atomic E-state index is 12.8. The molecule has 0 radical (unpaired) electrons. The lowest BCUT2D eigenvalue weighted by Gasteiger charge is -2.36. The first kappa shape index (κ1) is 14.1. The van der Waals surface area contributed by atoms with Gasteiger partial charge >= 0.3 is 5.97 Å². The summed E-state index contributed by atoms with van der Waals surface area (Å²) in [6.45, 7) is 2.60. The van der Waals surface area contributed by atoms with Crippen LogP contribution in [0.4, 0.5) is 0 Å². The van der Waals surface area contributed by atoms with Gasteiger partial charge in [0.1, 0.15) is 6.04 Å². The van der Waals surface area contributed by atoms with Crippen molar-refractivity contribution in [3.8, 4) is 0 Å². The lowest BCUT2D eigenvalue weighted by Crippen LogP contribution is -2.50. The molecular formula is C17H21NO3. The van der Waals surface area contributed by atoms with Crippen LogP contribution in [0.3, 0.4) is 0 Å². The molecule has 1 saturated heterocycles. The number of fused-ring (bicyclic) bond motifs is 1. The van der Waals surface area contributed by atoms with E-state index >= 15 is 0 Å². The van der Waals surface area contributed by atoms with E-state index in [-0.39, 0.29) is 5.91 Å². The third-order valence-electron chi connectivity index (χ3n) is 4.79. The predicted octanol–water partition coefficient (Wildman–Crippen LogP) is 2.50. The second-order valence-corrected chi connectivity index (χ2v) is 6.28. The Bertz CT molecular complexity index is 581. The van der Waals surface area contributed by atoms with Gasteiger partial charge in [0.2, 0.25) is 0 Å². The van der Waals surface area contributed by atoms with E-state index in [1.807, 2.05) is 12.1 Å². The van der Waals surface area contributed by atoms with Crippen LogP contribution in [-0.2, 0) is 17.6 Å². The first-order chi connectivity index (χ1) is 10.1. The molecule has 112 valence electrons. The van der Waals surface area contributed by atoms with Gasteiger partial charge in [0.15, 0.2) is 0 Å². The van der Waals surface area contributed by atoms with Gasteiger partial charge in [-0.2, -0.15) is 0 Å². The number of carbonyl (C=O) groups excluding carboxylic acids is 1. The second-order valence-electron chi connectivity index (χ2n) is 6.28. The van der Waals surface area contributed by atoms with E-state index < -0.39 is 12.0 Å². The highest BCUT2D eigenvalue weighted by molar-refractivity contribution is 5.98. The average molecular weight is 287 g/mol. The minimum Gasteiger partial charge on any atom is -0.480 e. The van der Waals surface area contributed by atoms with E-state index in [1.165, 1.54) is 5.56 Å². The van der Waals surface area contributed by atoms with Crippen LogP contribution in [0.25, 0.3) is 0 Å². The van der Waals surface area contributed by atoms with Gasteiger partial charge in [0.25, 0.3) is 5.91 Å². The van der Waals surface area contributed by atoms with E-state index in [0.717, 1.165) is 31.2 Å². The Morgan fingerprint density at radius 3 is 2.86 bits per heavy atom. The van der Waals surface area contributed by atoms with Crippen molar-refractivity contribution in [2.75, 3.05) is 6.54 Å². The molecule has 0 saturated carbocycles. The van der Waals surface area contributed by atoms with Crippen molar-refractivity contribution in [3.63, 3.8) is 0 Å². The molecule has 0 spiro atoms. The molecule has 4 heteroatoms. The molecular weight excluding hydrogens is 266 g/mol. The van der Waals surface area contributed by atoms with Crippen LogP contribution in [0.2, 0.25) is 0 Å². The normalized spacial score (nSPS) is 24.7. The Labute approximate surface area is 124 Å². The van der Waals surface area contributed by atoms with Crippen LogP contribution < -0.4 is 0 Å². The third kappa shape index (κ3) is 2.55. The van der Waals surface area contributed by atoms with Gasteiger partial charge in [-0.05, 0) is 55.2 Å². The number of aliphatic carboxylic acids is 1. The van der Waals surface area contributed by atoms with E-state index in [1.54, 1.807) is 4.90 Å². The summed E-state index contributed by atoms with van der Waals surface area (Å²) >= 11 is 0. The molecule has 1 aromatic carbocycles. The molecule has 3 rings (SSSR count). The molecule has 0 bridgehead atoms. The molecule has 1 aliphatic heterocycles. The number of benzene rings is 1. The summed E-state index contributed by atoms with van der Waals surface area (Å²) in [5.41, 5.74) is 3.09.